The molecule has 0 saturated carbocycles. The fourth-order valence-corrected chi connectivity index (χ4v) is 2.54. The molecule has 6 nitrogen and oxygen atoms in total. The molecule has 0 bridgehead atoms. The van der Waals surface area contributed by atoms with Crippen LogP contribution in [0.5, 0.6) is 0 Å². The van der Waals surface area contributed by atoms with Crippen molar-refractivity contribution in [1.82, 2.24) is 19.3 Å². The average molecular weight is 303 g/mol. The van der Waals surface area contributed by atoms with Gasteiger partial charge in [0.25, 0.3) is 9.05 Å². The molecule has 2 rings (SSSR count). The number of aromatic nitrogens is 4. The van der Waals surface area contributed by atoms with Gasteiger partial charge in [-0.3, -0.25) is 4.68 Å². The van der Waals surface area contributed by atoms with Gasteiger partial charge < -0.3 is 4.57 Å². The summed E-state index contributed by atoms with van der Waals surface area (Å²) in [4.78, 5) is 3.95. The van der Waals surface area contributed by atoms with E-state index in [-0.39, 0.29) is 5.03 Å². The van der Waals surface area contributed by atoms with Crippen LogP contribution < -0.4 is 0 Å². The fourth-order valence-electron chi connectivity index (χ4n) is 1.82. The molecule has 0 saturated heterocycles. The minimum Gasteiger partial charge on any atom is -0.328 e. The molecule has 0 aliphatic rings. The molecule has 104 valence electrons. The monoisotopic (exact) mass is 302 g/mol. The first-order valence-electron chi connectivity index (χ1n) is 5.81. The molecule has 19 heavy (non-hydrogen) atoms. The van der Waals surface area contributed by atoms with Crippen molar-refractivity contribution in [3.8, 4) is 0 Å². The summed E-state index contributed by atoms with van der Waals surface area (Å²) in [5.74, 6) is 0.596. The van der Waals surface area contributed by atoms with Crippen molar-refractivity contribution in [2.45, 2.75) is 31.8 Å². The van der Waals surface area contributed by atoms with Gasteiger partial charge in [0.05, 0.1) is 17.9 Å². The maximum Gasteiger partial charge on any atom is 0.280 e. The molecule has 0 unspecified atom stereocenters. The molecular weight excluding hydrogens is 288 g/mol. The van der Waals surface area contributed by atoms with Gasteiger partial charge in [-0.2, -0.15) is 5.10 Å². The SMILES string of the molecule is CCc1cc(Cn2cc(S(=O)(=O)Cl)nc2C)n(C)n1. The molecule has 0 radical (unpaired) electrons. The van der Waals surface area contributed by atoms with Gasteiger partial charge in [0.15, 0.2) is 5.03 Å². The van der Waals surface area contributed by atoms with Gasteiger partial charge in [-0.1, -0.05) is 6.92 Å². The van der Waals surface area contributed by atoms with E-state index >= 15 is 0 Å². The summed E-state index contributed by atoms with van der Waals surface area (Å²) in [6.45, 7) is 4.28. The Morgan fingerprint density at radius 2 is 2.11 bits per heavy atom. The summed E-state index contributed by atoms with van der Waals surface area (Å²) in [5, 5.41) is 4.23. The number of hydrogen-bond acceptors (Lipinski definition) is 4. The summed E-state index contributed by atoms with van der Waals surface area (Å²) in [6, 6.07) is 1.99. The van der Waals surface area contributed by atoms with E-state index in [0.717, 1.165) is 17.8 Å². The third-order valence-corrected chi connectivity index (χ3v) is 4.10. The van der Waals surface area contributed by atoms with Crippen LogP contribution in [0.15, 0.2) is 17.3 Å². The second-order valence-corrected chi connectivity index (χ2v) is 6.81. The first kappa shape index (κ1) is 14.1. The van der Waals surface area contributed by atoms with Crippen molar-refractivity contribution in [1.29, 1.82) is 0 Å². The zero-order chi connectivity index (χ0) is 14.2. The van der Waals surface area contributed by atoms with Crippen LogP contribution in [0.4, 0.5) is 0 Å². The lowest BCUT2D eigenvalue weighted by Gasteiger charge is -2.04. The molecular formula is C11H15ClN4O2S. The highest BCUT2D eigenvalue weighted by Crippen LogP contribution is 2.15. The van der Waals surface area contributed by atoms with Crippen molar-refractivity contribution >= 4 is 19.7 Å². The van der Waals surface area contributed by atoms with Gasteiger partial charge in [-0.15, -0.1) is 0 Å². The quantitative estimate of drug-likeness (QED) is 0.802. The van der Waals surface area contributed by atoms with Crippen LogP contribution in [0, 0.1) is 6.92 Å². The van der Waals surface area contributed by atoms with Gasteiger partial charge in [-0.25, -0.2) is 13.4 Å². The van der Waals surface area contributed by atoms with Crippen LogP contribution in [0.1, 0.15) is 24.1 Å². The molecule has 8 heteroatoms. The first-order valence-corrected chi connectivity index (χ1v) is 8.12. The third kappa shape index (κ3) is 2.98. The Kier molecular flexibility index (Phi) is 3.69. The second-order valence-electron chi connectivity index (χ2n) is 4.30. The van der Waals surface area contributed by atoms with E-state index in [0.29, 0.717) is 12.4 Å². The molecule has 0 aliphatic carbocycles. The average Bonchev–Trinajstić information content (AvgIpc) is 2.84. The Morgan fingerprint density at radius 1 is 1.42 bits per heavy atom. The smallest absolute Gasteiger partial charge is 0.280 e. The number of nitrogens with zero attached hydrogens (tertiary/aromatic N) is 4. The Balaban J connectivity index is 2.33. The lowest BCUT2D eigenvalue weighted by molar-refractivity contribution is 0.606. The summed E-state index contributed by atoms with van der Waals surface area (Å²) >= 11 is 0. The zero-order valence-corrected chi connectivity index (χ0v) is 12.5. The molecule has 2 aromatic rings. The van der Waals surface area contributed by atoms with Gasteiger partial charge in [0.1, 0.15) is 5.82 Å². The van der Waals surface area contributed by atoms with Crippen molar-refractivity contribution in [3.63, 3.8) is 0 Å². The van der Waals surface area contributed by atoms with Gasteiger partial charge >= 0.3 is 0 Å². The van der Waals surface area contributed by atoms with Gasteiger partial charge in [-0.05, 0) is 19.4 Å². The normalized spacial score (nSPS) is 12.0. The van der Waals surface area contributed by atoms with Crippen LogP contribution >= 0.6 is 10.7 Å². The Morgan fingerprint density at radius 3 is 2.58 bits per heavy atom. The van der Waals surface area contributed by atoms with Crippen molar-refractivity contribution in [2.24, 2.45) is 7.05 Å². The highest BCUT2D eigenvalue weighted by Gasteiger charge is 2.16. The predicted octanol–water partition coefficient (Wildman–Crippen LogP) is 1.46. The largest absolute Gasteiger partial charge is 0.328 e. The van der Waals surface area contributed by atoms with Crippen LogP contribution in [-0.2, 0) is 29.1 Å². The molecule has 2 aromatic heterocycles. The molecule has 0 amide bonds. The molecule has 0 spiro atoms. The standard InChI is InChI=1S/C11H15ClN4O2S/c1-4-9-5-10(15(3)14-9)6-16-7-11(13-8(16)2)19(12,17)18/h5,7H,4,6H2,1-3H3. The first-order chi connectivity index (χ1) is 8.81. The van der Waals surface area contributed by atoms with Gasteiger partial charge in [0.2, 0.25) is 0 Å². The van der Waals surface area contributed by atoms with E-state index in [1.807, 2.05) is 20.0 Å². The minimum atomic E-state index is -3.79. The predicted molar refractivity (Wildman–Crippen MR) is 71.7 cm³/mol. The van der Waals surface area contributed by atoms with E-state index in [1.165, 1.54) is 6.20 Å². The summed E-state index contributed by atoms with van der Waals surface area (Å²) in [7, 11) is 3.36. The number of aryl methyl sites for hydroxylation is 3. The molecule has 0 N–H and O–H groups in total. The summed E-state index contributed by atoms with van der Waals surface area (Å²) < 4.78 is 26.0. The number of rotatable bonds is 4. The van der Waals surface area contributed by atoms with Gasteiger partial charge in [0, 0.05) is 23.9 Å². The Hall–Kier alpha value is -1.34. The zero-order valence-electron chi connectivity index (χ0n) is 11.0. The van der Waals surface area contributed by atoms with Crippen LogP contribution in [0.3, 0.4) is 0 Å². The molecule has 0 fully saturated rings. The molecule has 0 aliphatic heterocycles. The lowest BCUT2D eigenvalue weighted by Crippen LogP contribution is -2.06. The number of imidazole rings is 1. The highest BCUT2D eigenvalue weighted by atomic mass is 35.7. The maximum atomic E-state index is 11.2. The van der Waals surface area contributed by atoms with Crippen molar-refractivity contribution in [3.05, 3.63) is 29.5 Å². The number of halogens is 1. The van der Waals surface area contributed by atoms with E-state index in [9.17, 15) is 8.42 Å². The number of hydrogen-bond donors (Lipinski definition) is 0. The topological polar surface area (TPSA) is 69.8 Å². The highest BCUT2D eigenvalue weighted by molar-refractivity contribution is 8.13. The molecule has 0 aromatic carbocycles. The van der Waals surface area contributed by atoms with E-state index in [4.69, 9.17) is 10.7 Å². The summed E-state index contributed by atoms with van der Waals surface area (Å²) in [6.07, 6.45) is 2.30. The summed E-state index contributed by atoms with van der Waals surface area (Å²) in [5.41, 5.74) is 1.98. The minimum absolute atomic E-state index is 0.121. The fraction of sp³-hybridized carbons (Fsp3) is 0.455. The van der Waals surface area contributed by atoms with E-state index in [2.05, 4.69) is 10.1 Å². The Labute approximate surface area is 116 Å². The maximum absolute atomic E-state index is 11.2. The van der Waals surface area contributed by atoms with Crippen LogP contribution in [0.25, 0.3) is 0 Å². The van der Waals surface area contributed by atoms with Crippen LogP contribution in [-0.4, -0.2) is 27.7 Å². The van der Waals surface area contributed by atoms with Crippen molar-refractivity contribution < 1.29 is 8.42 Å². The van der Waals surface area contributed by atoms with Crippen LogP contribution in [0.2, 0.25) is 0 Å². The van der Waals surface area contributed by atoms with Crippen molar-refractivity contribution in [2.75, 3.05) is 0 Å². The third-order valence-electron chi connectivity index (χ3n) is 2.93. The second kappa shape index (κ2) is 4.97. The molecule has 0 atom stereocenters. The lowest BCUT2D eigenvalue weighted by atomic mass is 10.3. The van der Waals surface area contributed by atoms with E-state index in [1.54, 1.807) is 16.2 Å². The Bertz CT molecular complexity index is 702. The molecule has 2 heterocycles. The van der Waals surface area contributed by atoms with E-state index < -0.39 is 9.05 Å².